The molecule has 0 unspecified atom stereocenters. The van der Waals surface area contributed by atoms with Gasteiger partial charge in [0.1, 0.15) is 5.82 Å². The molecule has 0 radical (unpaired) electrons. The fourth-order valence-corrected chi connectivity index (χ4v) is 8.05. The van der Waals surface area contributed by atoms with Crippen LogP contribution in [0.15, 0.2) is 152 Å². The molecule has 2 heteroatoms. The Kier molecular flexibility index (Phi) is 5.87. The Bertz CT molecular complexity index is 2870. The van der Waals surface area contributed by atoms with E-state index in [1.165, 1.54) is 70.6 Å². The van der Waals surface area contributed by atoms with Crippen molar-refractivity contribution < 1.29 is 0 Å². The van der Waals surface area contributed by atoms with Crippen molar-refractivity contribution in [3.05, 3.63) is 157 Å². The maximum atomic E-state index is 5.48. The summed E-state index contributed by atoms with van der Waals surface area (Å²) in [6.07, 6.45) is 0. The van der Waals surface area contributed by atoms with Gasteiger partial charge in [0.25, 0.3) is 0 Å². The lowest BCUT2D eigenvalue weighted by atomic mass is 9.87. The molecule has 49 heavy (non-hydrogen) atoms. The Hall–Kier alpha value is -5.99. The van der Waals surface area contributed by atoms with E-state index in [4.69, 9.17) is 4.98 Å². The van der Waals surface area contributed by atoms with Crippen molar-refractivity contribution in [2.24, 2.45) is 0 Å². The summed E-state index contributed by atoms with van der Waals surface area (Å²) in [5.41, 5.74) is 8.21. The maximum absolute atomic E-state index is 5.48. The monoisotopic (exact) mass is 626 g/mol. The Balaban J connectivity index is 1.21. The highest BCUT2D eigenvalue weighted by molar-refractivity contribution is 6.26. The zero-order chi connectivity index (χ0) is 32.9. The van der Waals surface area contributed by atoms with Gasteiger partial charge in [-0.2, -0.15) is 0 Å². The molecular weight excluding hydrogens is 593 g/mol. The molecule has 2 nitrogen and oxygen atoms in total. The van der Waals surface area contributed by atoms with Gasteiger partial charge in [-0.3, -0.25) is 4.57 Å². The SMILES string of the molecule is CC(C)(C)c1ccc(-n2c(-c3ccc(-c4ccc5ccc6cccc7ccc4c5c67)cc3)nc3c4ccccc4c4ccccc4c32)cc1. The minimum Gasteiger partial charge on any atom is -0.292 e. The first-order chi connectivity index (χ1) is 23.9. The fourth-order valence-electron chi connectivity index (χ4n) is 8.05. The minimum atomic E-state index is 0.0717. The Morgan fingerprint density at radius 3 is 1.71 bits per heavy atom. The van der Waals surface area contributed by atoms with E-state index in [9.17, 15) is 0 Å². The van der Waals surface area contributed by atoms with Crippen LogP contribution in [0.1, 0.15) is 26.3 Å². The summed E-state index contributed by atoms with van der Waals surface area (Å²) in [5, 5.41) is 12.7. The van der Waals surface area contributed by atoms with Gasteiger partial charge in [-0.05, 0) is 77.3 Å². The van der Waals surface area contributed by atoms with Gasteiger partial charge in [-0.1, -0.05) is 160 Å². The molecule has 9 aromatic carbocycles. The molecule has 0 aliphatic heterocycles. The van der Waals surface area contributed by atoms with Crippen LogP contribution in [0.4, 0.5) is 0 Å². The van der Waals surface area contributed by atoms with Crippen LogP contribution in [-0.2, 0) is 5.41 Å². The number of nitrogens with zero attached hydrogens (tertiary/aromatic N) is 2. The third-order valence-electron chi connectivity index (χ3n) is 10.5. The normalized spacial score (nSPS) is 12.4. The standard InChI is InChI=1S/C47H34N2/c1-47(2,3)34-23-25-35(26-24-34)49-45-41-14-7-5-12-38(41)37-11-4-6-13-40(37)44(45)48-46(49)33-19-15-29(16-20-33)36-27-21-32-18-17-30-9-8-10-31-22-28-39(36)43(32)42(30)31/h4-28H,1-3H3. The van der Waals surface area contributed by atoms with Crippen molar-refractivity contribution >= 4 is 64.9 Å². The summed E-state index contributed by atoms with van der Waals surface area (Å²) in [6.45, 7) is 6.80. The van der Waals surface area contributed by atoms with Crippen LogP contribution in [0.2, 0.25) is 0 Å². The number of benzene rings is 9. The number of hydrogen-bond acceptors (Lipinski definition) is 1. The molecule has 0 atom stereocenters. The van der Waals surface area contributed by atoms with Gasteiger partial charge >= 0.3 is 0 Å². The summed E-state index contributed by atoms with van der Waals surface area (Å²) in [5.74, 6) is 0.946. The van der Waals surface area contributed by atoms with Crippen LogP contribution in [0.25, 0.3) is 93.1 Å². The van der Waals surface area contributed by atoms with Crippen LogP contribution >= 0.6 is 0 Å². The molecule has 0 aliphatic carbocycles. The Morgan fingerprint density at radius 1 is 0.449 bits per heavy atom. The van der Waals surface area contributed by atoms with Gasteiger partial charge in [0.2, 0.25) is 0 Å². The summed E-state index contributed by atoms with van der Waals surface area (Å²) >= 11 is 0. The van der Waals surface area contributed by atoms with E-state index < -0.39 is 0 Å². The van der Waals surface area contributed by atoms with Crippen LogP contribution < -0.4 is 0 Å². The Labute approximate surface area is 285 Å². The van der Waals surface area contributed by atoms with Crippen molar-refractivity contribution in [3.63, 3.8) is 0 Å². The number of fused-ring (bicyclic) bond motifs is 6. The molecule has 1 aromatic heterocycles. The first-order valence-corrected chi connectivity index (χ1v) is 17.1. The largest absolute Gasteiger partial charge is 0.292 e. The molecule has 0 aliphatic rings. The number of aromatic nitrogens is 2. The van der Waals surface area contributed by atoms with Gasteiger partial charge < -0.3 is 0 Å². The maximum Gasteiger partial charge on any atom is 0.145 e. The number of rotatable bonds is 3. The molecule has 0 spiro atoms. The number of hydrogen-bond donors (Lipinski definition) is 0. The molecular formula is C47H34N2. The molecule has 0 N–H and O–H groups in total. The van der Waals surface area contributed by atoms with Crippen molar-refractivity contribution in [1.29, 1.82) is 0 Å². The zero-order valence-electron chi connectivity index (χ0n) is 27.8. The molecule has 10 aromatic rings. The molecule has 0 saturated carbocycles. The lowest BCUT2D eigenvalue weighted by molar-refractivity contribution is 0.590. The van der Waals surface area contributed by atoms with Crippen molar-refractivity contribution in [2.75, 3.05) is 0 Å². The average Bonchev–Trinajstić information content (AvgIpc) is 3.55. The van der Waals surface area contributed by atoms with Crippen molar-refractivity contribution in [2.45, 2.75) is 26.2 Å². The second kappa shape index (κ2) is 10.3. The molecule has 232 valence electrons. The fraction of sp³-hybridized carbons (Fsp3) is 0.0851. The predicted octanol–water partition coefficient (Wildman–Crippen LogP) is 12.9. The zero-order valence-corrected chi connectivity index (χ0v) is 27.8. The third-order valence-corrected chi connectivity index (χ3v) is 10.5. The quantitative estimate of drug-likeness (QED) is 0.178. The Morgan fingerprint density at radius 2 is 1.02 bits per heavy atom. The van der Waals surface area contributed by atoms with E-state index in [1.807, 2.05) is 0 Å². The first-order valence-electron chi connectivity index (χ1n) is 17.1. The molecule has 0 bridgehead atoms. The topological polar surface area (TPSA) is 17.8 Å². The first kappa shape index (κ1) is 28.1. The van der Waals surface area contributed by atoms with Crippen molar-refractivity contribution in [3.8, 4) is 28.2 Å². The lowest BCUT2D eigenvalue weighted by Gasteiger charge is -2.20. The second-order valence-electron chi connectivity index (χ2n) is 14.4. The molecule has 0 fully saturated rings. The summed E-state index contributed by atoms with van der Waals surface area (Å²) < 4.78 is 2.38. The highest BCUT2D eigenvalue weighted by Gasteiger charge is 2.21. The third kappa shape index (κ3) is 4.17. The molecule has 0 amide bonds. The minimum absolute atomic E-state index is 0.0717. The second-order valence-corrected chi connectivity index (χ2v) is 14.4. The van der Waals surface area contributed by atoms with E-state index in [1.54, 1.807) is 0 Å². The van der Waals surface area contributed by atoms with Gasteiger partial charge in [0.05, 0.1) is 11.0 Å². The highest BCUT2D eigenvalue weighted by atomic mass is 15.1. The smallest absolute Gasteiger partial charge is 0.145 e. The van der Waals surface area contributed by atoms with E-state index in [0.29, 0.717) is 0 Å². The van der Waals surface area contributed by atoms with Gasteiger partial charge in [-0.25, -0.2) is 4.98 Å². The van der Waals surface area contributed by atoms with Crippen LogP contribution in [0.5, 0.6) is 0 Å². The number of imidazole rings is 1. The van der Waals surface area contributed by atoms with Crippen molar-refractivity contribution in [1.82, 2.24) is 9.55 Å². The average molecular weight is 627 g/mol. The predicted molar refractivity (Wildman–Crippen MR) is 209 cm³/mol. The van der Waals surface area contributed by atoms with Crippen LogP contribution in [0, 0.1) is 0 Å². The molecule has 0 saturated heterocycles. The van der Waals surface area contributed by atoms with E-state index >= 15 is 0 Å². The van der Waals surface area contributed by atoms with E-state index in [-0.39, 0.29) is 5.41 Å². The van der Waals surface area contributed by atoms with E-state index in [0.717, 1.165) is 28.1 Å². The lowest BCUT2D eigenvalue weighted by Crippen LogP contribution is -2.11. The summed E-state index contributed by atoms with van der Waals surface area (Å²) in [7, 11) is 0. The summed E-state index contributed by atoms with van der Waals surface area (Å²) in [6, 6.07) is 55.7. The van der Waals surface area contributed by atoms with Crippen LogP contribution in [0.3, 0.4) is 0 Å². The van der Waals surface area contributed by atoms with Gasteiger partial charge in [0.15, 0.2) is 0 Å². The van der Waals surface area contributed by atoms with E-state index in [2.05, 4.69) is 177 Å². The highest BCUT2D eigenvalue weighted by Crippen LogP contribution is 2.42. The van der Waals surface area contributed by atoms with Crippen LogP contribution in [-0.4, -0.2) is 9.55 Å². The molecule has 10 rings (SSSR count). The molecule has 1 heterocycles. The summed E-state index contributed by atoms with van der Waals surface area (Å²) in [4.78, 5) is 5.48. The van der Waals surface area contributed by atoms with Gasteiger partial charge in [0, 0.05) is 22.0 Å². The van der Waals surface area contributed by atoms with Gasteiger partial charge in [-0.15, -0.1) is 0 Å².